The molecule has 0 amide bonds. The normalized spacial score (nSPS) is 16.9. The summed E-state index contributed by atoms with van der Waals surface area (Å²) < 4.78 is 10.6. The molecule has 3 rings (SSSR count). The molecule has 0 aliphatic carbocycles. The van der Waals surface area contributed by atoms with Crippen molar-refractivity contribution < 1.29 is 9.26 Å². The molecule has 16 heavy (non-hydrogen) atoms. The second-order valence-corrected chi connectivity index (χ2v) is 4.05. The van der Waals surface area contributed by atoms with Gasteiger partial charge in [-0.25, -0.2) is 0 Å². The van der Waals surface area contributed by atoms with Crippen LogP contribution in [-0.4, -0.2) is 31.5 Å². The molecular formula is C12H14N2O2. The number of fused-ring (bicyclic) bond motifs is 1. The number of ether oxygens (including phenoxy) is 1. The molecule has 4 nitrogen and oxygen atoms in total. The second-order valence-electron chi connectivity index (χ2n) is 4.05. The van der Waals surface area contributed by atoms with Crippen LogP contribution in [0.1, 0.15) is 5.69 Å². The first kappa shape index (κ1) is 9.66. The van der Waals surface area contributed by atoms with Crippen molar-refractivity contribution in [2.45, 2.75) is 6.92 Å². The Morgan fingerprint density at radius 2 is 2.06 bits per heavy atom. The van der Waals surface area contributed by atoms with Crippen LogP contribution in [0.4, 0.5) is 5.69 Å². The molecular weight excluding hydrogens is 204 g/mol. The van der Waals surface area contributed by atoms with Crippen molar-refractivity contribution in [3.63, 3.8) is 0 Å². The molecule has 1 fully saturated rings. The van der Waals surface area contributed by atoms with Gasteiger partial charge >= 0.3 is 0 Å². The van der Waals surface area contributed by atoms with Crippen LogP contribution in [0.15, 0.2) is 22.7 Å². The fourth-order valence-electron chi connectivity index (χ4n) is 2.07. The third-order valence-electron chi connectivity index (χ3n) is 3.01. The number of aromatic nitrogens is 1. The lowest BCUT2D eigenvalue weighted by Crippen LogP contribution is -2.36. The Hall–Kier alpha value is -1.55. The van der Waals surface area contributed by atoms with E-state index < -0.39 is 0 Å². The number of benzene rings is 1. The summed E-state index contributed by atoms with van der Waals surface area (Å²) in [6, 6.07) is 6.25. The first-order valence-corrected chi connectivity index (χ1v) is 5.53. The number of aryl methyl sites for hydroxylation is 1. The molecule has 0 N–H and O–H groups in total. The quantitative estimate of drug-likeness (QED) is 0.733. The van der Waals surface area contributed by atoms with Crippen LogP contribution in [0.2, 0.25) is 0 Å². The molecule has 0 unspecified atom stereocenters. The van der Waals surface area contributed by atoms with Crippen molar-refractivity contribution in [2.24, 2.45) is 0 Å². The first-order chi connectivity index (χ1) is 7.84. The average Bonchev–Trinajstić information content (AvgIpc) is 2.72. The van der Waals surface area contributed by atoms with Gasteiger partial charge in [0.15, 0.2) is 5.58 Å². The van der Waals surface area contributed by atoms with E-state index in [1.807, 2.05) is 6.92 Å². The Bertz CT molecular complexity index is 501. The van der Waals surface area contributed by atoms with Gasteiger partial charge in [0.25, 0.3) is 0 Å². The lowest BCUT2D eigenvalue weighted by atomic mass is 10.2. The van der Waals surface area contributed by atoms with Crippen LogP contribution >= 0.6 is 0 Å². The summed E-state index contributed by atoms with van der Waals surface area (Å²) in [5.74, 6) is 0. The summed E-state index contributed by atoms with van der Waals surface area (Å²) in [6.07, 6.45) is 0. The van der Waals surface area contributed by atoms with Gasteiger partial charge in [0, 0.05) is 30.2 Å². The summed E-state index contributed by atoms with van der Waals surface area (Å²) in [4.78, 5) is 2.31. The Balaban J connectivity index is 1.97. The Kier molecular flexibility index (Phi) is 2.29. The van der Waals surface area contributed by atoms with E-state index in [1.54, 1.807) is 0 Å². The van der Waals surface area contributed by atoms with E-state index in [4.69, 9.17) is 9.26 Å². The number of hydrogen-bond acceptors (Lipinski definition) is 4. The van der Waals surface area contributed by atoms with E-state index in [1.165, 1.54) is 5.69 Å². The van der Waals surface area contributed by atoms with E-state index in [0.717, 1.165) is 43.0 Å². The Morgan fingerprint density at radius 1 is 1.25 bits per heavy atom. The smallest absolute Gasteiger partial charge is 0.169 e. The van der Waals surface area contributed by atoms with E-state index >= 15 is 0 Å². The molecule has 0 spiro atoms. The zero-order chi connectivity index (χ0) is 11.0. The highest BCUT2D eigenvalue weighted by atomic mass is 16.5. The highest BCUT2D eigenvalue weighted by Gasteiger charge is 2.13. The largest absolute Gasteiger partial charge is 0.378 e. The van der Waals surface area contributed by atoms with Gasteiger partial charge in [-0.15, -0.1) is 0 Å². The summed E-state index contributed by atoms with van der Waals surface area (Å²) >= 11 is 0. The zero-order valence-corrected chi connectivity index (χ0v) is 9.27. The van der Waals surface area contributed by atoms with Crippen molar-refractivity contribution in [2.75, 3.05) is 31.2 Å². The summed E-state index contributed by atoms with van der Waals surface area (Å²) in [7, 11) is 0. The van der Waals surface area contributed by atoms with Gasteiger partial charge in [-0.2, -0.15) is 0 Å². The maximum absolute atomic E-state index is 5.34. The van der Waals surface area contributed by atoms with E-state index in [-0.39, 0.29) is 0 Å². The van der Waals surface area contributed by atoms with Crippen LogP contribution in [0.25, 0.3) is 11.0 Å². The molecule has 1 aliphatic heterocycles. The van der Waals surface area contributed by atoms with Gasteiger partial charge in [-0.1, -0.05) is 5.16 Å². The maximum Gasteiger partial charge on any atom is 0.169 e. The monoisotopic (exact) mass is 218 g/mol. The fraction of sp³-hybridized carbons (Fsp3) is 0.417. The predicted molar refractivity (Wildman–Crippen MR) is 61.8 cm³/mol. The van der Waals surface area contributed by atoms with Crippen molar-refractivity contribution >= 4 is 16.7 Å². The topological polar surface area (TPSA) is 38.5 Å². The predicted octanol–water partition coefficient (Wildman–Crippen LogP) is 1.97. The van der Waals surface area contributed by atoms with Crippen molar-refractivity contribution in [1.82, 2.24) is 5.16 Å². The molecule has 0 bridgehead atoms. The Morgan fingerprint density at radius 3 is 2.88 bits per heavy atom. The van der Waals surface area contributed by atoms with Gasteiger partial charge in [0.1, 0.15) is 0 Å². The van der Waals surface area contributed by atoms with Crippen LogP contribution in [0, 0.1) is 6.92 Å². The lowest BCUT2D eigenvalue weighted by Gasteiger charge is -2.28. The van der Waals surface area contributed by atoms with Gasteiger partial charge < -0.3 is 14.2 Å². The van der Waals surface area contributed by atoms with Crippen molar-refractivity contribution in [1.29, 1.82) is 0 Å². The molecule has 1 aromatic heterocycles. The maximum atomic E-state index is 5.34. The number of rotatable bonds is 1. The minimum absolute atomic E-state index is 0.799. The van der Waals surface area contributed by atoms with Gasteiger partial charge in [0.05, 0.1) is 18.9 Å². The van der Waals surface area contributed by atoms with Crippen LogP contribution in [0.3, 0.4) is 0 Å². The van der Waals surface area contributed by atoms with Crippen molar-refractivity contribution in [3.05, 3.63) is 23.9 Å². The van der Waals surface area contributed by atoms with E-state index in [0.29, 0.717) is 0 Å². The third-order valence-corrected chi connectivity index (χ3v) is 3.01. The molecule has 84 valence electrons. The minimum atomic E-state index is 0.799. The number of nitrogens with zero attached hydrogens (tertiary/aromatic N) is 2. The second kappa shape index (κ2) is 3.79. The molecule has 2 aromatic rings. The van der Waals surface area contributed by atoms with Gasteiger partial charge in [0.2, 0.25) is 0 Å². The highest BCUT2D eigenvalue weighted by Crippen LogP contribution is 2.24. The molecule has 0 atom stereocenters. The minimum Gasteiger partial charge on any atom is -0.378 e. The molecule has 4 heteroatoms. The summed E-state index contributed by atoms with van der Waals surface area (Å²) in [6.45, 7) is 5.44. The number of hydrogen-bond donors (Lipinski definition) is 0. The molecule has 1 saturated heterocycles. The van der Waals surface area contributed by atoms with E-state index in [2.05, 4.69) is 28.3 Å². The average molecular weight is 218 g/mol. The third kappa shape index (κ3) is 1.55. The van der Waals surface area contributed by atoms with Crippen LogP contribution in [0.5, 0.6) is 0 Å². The van der Waals surface area contributed by atoms with Gasteiger partial charge in [-0.3, -0.25) is 0 Å². The summed E-state index contributed by atoms with van der Waals surface area (Å²) in [5.41, 5.74) is 3.00. The standard InChI is InChI=1S/C12H14N2O2/c1-9-11-3-2-10(8-12(11)16-13-9)14-4-6-15-7-5-14/h2-3,8H,4-7H2,1H3. The highest BCUT2D eigenvalue weighted by molar-refractivity contribution is 5.82. The van der Waals surface area contributed by atoms with Crippen LogP contribution < -0.4 is 4.90 Å². The van der Waals surface area contributed by atoms with Gasteiger partial charge in [-0.05, 0) is 19.1 Å². The molecule has 2 heterocycles. The Labute approximate surface area is 93.8 Å². The van der Waals surface area contributed by atoms with Crippen molar-refractivity contribution in [3.8, 4) is 0 Å². The first-order valence-electron chi connectivity index (χ1n) is 5.53. The lowest BCUT2D eigenvalue weighted by molar-refractivity contribution is 0.122. The zero-order valence-electron chi connectivity index (χ0n) is 9.27. The van der Waals surface area contributed by atoms with E-state index in [9.17, 15) is 0 Å². The molecule has 0 saturated carbocycles. The number of morpholine rings is 1. The fourth-order valence-corrected chi connectivity index (χ4v) is 2.07. The molecule has 1 aliphatic rings. The SMILES string of the molecule is Cc1noc2cc(N3CCOCC3)ccc12. The summed E-state index contributed by atoms with van der Waals surface area (Å²) in [5, 5.41) is 5.06. The number of anilines is 1. The molecule has 1 aromatic carbocycles. The van der Waals surface area contributed by atoms with Crippen LogP contribution in [-0.2, 0) is 4.74 Å². The molecule has 0 radical (unpaired) electrons.